The van der Waals surface area contributed by atoms with E-state index in [2.05, 4.69) is 33.9 Å². The Morgan fingerprint density at radius 2 is 2.25 bits per heavy atom. The molecule has 0 aliphatic carbocycles. The van der Waals surface area contributed by atoms with Crippen molar-refractivity contribution in [2.45, 2.75) is 19.8 Å². The number of nitrogens with one attached hydrogen (secondary N) is 1. The van der Waals surface area contributed by atoms with Gasteiger partial charge in [-0.1, -0.05) is 19.6 Å². The fraction of sp³-hybridized carbons (Fsp3) is 0.278. The Morgan fingerprint density at radius 1 is 1.42 bits per heavy atom. The van der Waals surface area contributed by atoms with Crippen LogP contribution in [-0.4, -0.2) is 35.6 Å². The Bertz CT molecular complexity index is 699. The van der Waals surface area contributed by atoms with Crippen molar-refractivity contribution >= 4 is 17.9 Å². The number of rotatable bonds is 7. The number of aromatic nitrogens is 1. The zero-order chi connectivity index (χ0) is 17.4. The summed E-state index contributed by atoms with van der Waals surface area (Å²) in [7, 11) is 1.67. The third kappa shape index (κ3) is 4.55. The highest BCUT2D eigenvalue weighted by molar-refractivity contribution is 6.01. The van der Waals surface area contributed by atoms with Crippen molar-refractivity contribution in [1.29, 1.82) is 0 Å². The number of pyridine rings is 1. The summed E-state index contributed by atoms with van der Waals surface area (Å²) in [6.45, 7) is 6.87. The second-order valence-corrected chi connectivity index (χ2v) is 5.27. The van der Waals surface area contributed by atoms with E-state index in [0.29, 0.717) is 12.3 Å². The van der Waals surface area contributed by atoms with Crippen LogP contribution < -0.4 is 11.1 Å². The third-order valence-corrected chi connectivity index (χ3v) is 3.44. The molecule has 6 heteroatoms. The van der Waals surface area contributed by atoms with Crippen molar-refractivity contribution < 1.29 is 0 Å². The van der Waals surface area contributed by atoms with Crippen molar-refractivity contribution in [3.63, 3.8) is 0 Å². The Balaban J connectivity index is 2.11. The third-order valence-electron chi connectivity index (χ3n) is 3.44. The van der Waals surface area contributed by atoms with Gasteiger partial charge in [-0.2, -0.15) is 5.10 Å². The van der Waals surface area contributed by atoms with Gasteiger partial charge in [0.15, 0.2) is 0 Å². The quantitative estimate of drug-likeness (QED) is 0.597. The van der Waals surface area contributed by atoms with E-state index in [1.165, 1.54) is 0 Å². The highest BCUT2D eigenvalue weighted by Crippen LogP contribution is 2.14. The first-order valence-corrected chi connectivity index (χ1v) is 7.97. The lowest BCUT2D eigenvalue weighted by Crippen LogP contribution is -2.18. The molecule has 0 spiro atoms. The average molecular weight is 324 g/mol. The lowest BCUT2D eigenvalue weighted by Gasteiger charge is -2.16. The Hall–Kier alpha value is -2.89. The maximum atomic E-state index is 5.94. The smallest absolute Gasteiger partial charge is 0.137 e. The minimum atomic E-state index is 0.475. The second kappa shape index (κ2) is 8.67. The molecule has 0 unspecified atom stereocenters. The summed E-state index contributed by atoms with van der Waals surface area (Å²) in [5.41, 5.74) is 8.50. The average Bonchev–Trinajstić information content (AvgIpc) is 2.61. The van der Waals surface area contributed by atoms with Gasteiger partial charge in [0.25, 0.3) is 0 Å². The molecule has 126 valence electrons. The van der Waals surface area contributed by atoms with Gasteiger partial charge in [0.1, 0.15) is 11.7 Å². The normalized spacial score (nSPS) is 14.7. The van der Waals surface area contributed by atoms with Gasteiger partial charge in [-0.05, 0) is 30.7 Å². The lowest BCUT2D eigenvalue weighted by molar-refractivity contribution is 0.514. The molecule has 0 aromatic carbocycles. The number of nitrogens with two attached hydrogens (primary N) is 1. The summed E-state index contributed by atoms with van der Waals surface area (Å²) in [5, 5.41) is 9.42. The van der Waals surface area contributed by atoms with E-state index in [1.807, 2.05) is 42.8 Å². The predicted octanol–water partition coefficient (Wildman–Crippen LogP) is 2.67. The van der Waals surface area contributed by atoms with Crippen LogP contribution in [0.3, 0.4) is 0 Å². The molecule has 0 saturated carbocycles. The van der Waals surface area contributed by atoms with Crippen molar-refractivity contribution in [2.24, 2.45) is 15.8 Å². The van der Waals surface area contributed by atoms with Gasteiger partial charge in [0.05, 0.1) is 11.3 Å². The zero-order valence-corrected chi connectivity index (χ0v) is 14.2. The number of amidine groups is 1. The van der Waals surface area contributed by atoms with Crippen LogP contribution in [0.15, 0.2) is 58.9 Å². The minimum absolute atomic E-state index is 0.475. The highest BCUT2D eigenvalue weighted by Gasteiger charge is 2.08. The minimum Gasteiger partial charge on any atom is -0.383 e. The standard InChI is InChI=1S/C18H24N6/c1-4-11-21-18-16(17(19)20-3)9-8-15(23-18)10-12-22-24-13-6-5-7-14(24)2/h5-9,12-13H,2,4,10-11H2,1,3H3,(H2,19,20)(H,21,23)/b22-12-. The maximum Gasteiger partial charge on any atom is 0.137 e. The van der Waals surface area contributed by atoms with Crippen LogP contribution in [0, 0.1) is 0 Å². The van der Waals surface area contributed by atoms with E-state index in [9.17, 15) is 0 Å². The Morgan fingerprint density at radius 3 is 2.96 bits per heavy atom. The SMILES string of the molecule is C=C1C=CC=CN1/N=C\Cc1ccc(C(N)=NC)c(NCCC)n1. The van der Waals surface area contributed by atoms with Crippen LogP contribution in [0.1, 0.15) is 24.6 Å². The van der Waals surface area contributed by atoms with E-state index in [1.54, 1.807) is 12.1 Å². The molecule has 0 amide bonds. The van der Waals surface area contributed by atoms with E-state index in [4.69, 9.17) is 5.73 Å². The van der Waals surface area contributed by atoms with Crippen LogP contribution in [0.2, 0.25) is 0 Å². The number of aliphatic imine (C=N–C) groups is 1. The molecular weight excluding hydrogens is 300 g/mol. The van der Waals surface area contributed by atoms with E-state index in [-0.39, 0.29) is 0 Å². The molecule has 0 atom stereocenters. The van der Waals surface area contributed by atoms with Gasteiger partial charge >= 0.3 is 0 Å². The molecule has 1 aromatic rings. The maximum absolute atomic E-state index is 5.94. The summed E-state index contributed by atoms with van der Waals surface area (Å²) in [4.78, 5) is 8.69. The van der Waals surface area contributed by atoms with E-state index in [0.717, 1.165) is 35.7 Å². The summed E-state index contributed by atoms with van der Waals surface area (Å²) in [6.07, 6.45) is 11.1. The van der Waals surface area contributed by atoms with Crippen molar-refractivity contribution in [3.8, 4) is 0 Å². The van der Waals surface area contributed by atoms with Gasteiger partial charge in [-0.15, -0.1) is 0 Å². The summed E-state index contributed by atoms with van der Waals surface area (Å²) < 4.78 is 0. The molecule has 0 saturated heterocycles. The molecule has 1 aliphatic rings. The first-order valence-electron chi connectivity index (χ1n) is 7.97. The summed E-state index contributed by atoms with van der Waals surface area (Å²) in [5.74, 6) is 1.24. The molecule has 2 heterocycles. The van der Waals surface area contributed by atoms with Gasteiger partial charge in [0.2, 0.25) is 0 Å². The number of allylic oxidation sites excluding steroid dienone is 3. The molecule has 0 radical (unpaired) electrons. The van der Waals surface area contributed by atoms with Crippen LogP contribution in [0.5, 0.6) is 0 Å². The molecular formula is C18H24N6. The molecule has 2 rings (SSSR count). The van der Waals surface area contributed by atoms with Crippen LogP contribution >= 0.6 is 0 Å². The number of nitrogens with zero attached hydrogens (tertiary/aromatic N) is 4. The number of hydrogen-bond acceptors (Lipinski definition) is 5. The Kier molecular flexibility index (Phi) is 6.31. The topological polar surface area (TPSA) is 78.9 Å². The predicted molar refractivity (Wildman–Crippen MR) is 101 cm³/mol. The fourth-order valence-corrected chi connectivity index (χ4v) is 2.12. The molecule has 1 aromatic heterocycles. The molecule has 24 heavy (non-hydrogen) atoms. The second-order valence-electron chi connectivity index (χ2n) is 5.27. The van der Waals surface area contributed by atoms with Crippen LogP contribution in [0.25, 0.3) is 0 Å². The highest BCUT2D eigenvalue weighted by atomic mass is 15.4. The number of hydrogen-bond donors (Lipinski definition) is 2. The summed E-state index contributed by atoms with van der Waals surface area (Å²) >= 11 is 0. The van der Waals surface area contributed by atoms with E-state index < -0.39 is 0 Å². The molecule has 0 bridgehead atoms. The molecule has 6 nitrogen and oxygen atoms in total. The molecule has 1 aliphatic heterocycles. The van der Waals surface area contributed by atoms with Crippen molar-refractivity contribution in [3.05, 3.63) is 60.1 Å². The van der Waals surface area contributed by atoms with Crippen molar-refractivity contribution in [1.82, 2.24) is 9.99 Å². The zero-order valence-electron chi connectivity index (χ0n) is 14.2. The fourth-order valence-electron chi connectivity index (χ4n) is 2.12. The largest absolute Gasteiger partial charge is 0.383 e. The van der Waals surface area contributed by atoms with Crippen molar-refractivity contribution in [2.75, 3.05) is 18.9 Å². The number of anilines is 1. The number of hydrazone groups is 1. The molecule has 3 N–H and O–H groups in total. The van der Waals surface area contributed by atoms with Gasteiger partial charge in [-0.3, -0.25) is 4.99 Å². The monoisotopic (exact) mass is 324 g/mol. The first kappa shape index (κ1) is 17.5. The van der Waals surface area contributed by atoms with Crippen LogP contribution in [-0.2, 0) is 6.42 Å². The molecule has 0 fully saturated rings. The first-order chi connectivity index (χ1) is 11.7. The van der Waals surface area contributed by atoms with E-state index >= 15 is 0 Å². The van der Waals surface area contributed by atoms with Gasteiger partial charge in [0, 0.05) is 38.1 Å². The lowest BCUT2D eigenvalue weighted by atomic mass is 10.2. The van der Waals surface area contributed by atoms with Gasteiger partial charge < -0.3 is 11.1 Å². The van der Waals surface area contributed by atoms with Gasteiger partial charge in [-0.25, -0.2) is 9.99 Å². The Labute approximate surface area is 143 Å². The summed E-state index contributed by atoms with van der Waals surface area (Å²) in [6, 6.07) is 3.89. The van der Waals surface area contributed by atoms with Crippen LogP contribution in [0.4, 0.5) is 5.82 Å².